The lowest BCUT2D eigenvalue weighted by molar-refractivity contribution is 0.0935. The average Bonchev–Trinajstić information content (AvgIpc) is 2.28. The number of aliphatic hydroxyl groups excluding tert-OH is 1. The van der Waals surface area contributed by atoms with Crippen molar-refractivity contribution in [2.75, 3.05) is 6.54 Å². The van der Waals surface area contributed by atoms with Crippen molar-refractivity contribution in [1.82, 2.24) is 5.32 Å². The minimum Gasteiger partial charge on any atom is -0.393 e. The summed E-state index contributed by atoms with van der Waals surface area (Å²) in [6, 6.07) is 4.24. The number of benzene rings is 1. The van der Waals surface area contributed by atoms with Gasteiger partial charge in [0, 0.05) is 11.0 Å². The quantitative estimate of drug-likeness (QED) is 0.877. The zero-order valence-electron chi connectivity index (χ0n) is 10.4. The molecule has 0 aliphatic rings. The predicted molar refractivity (Wildman–Crippen MR) is 71.9 cm³/mol. The van der Waals surface area contributed by atoms with Crippen molar-refractivity contribution in [2.24, 2.45) is 5.92 Å². The van der Waals surface area contributed by atoms with Crippen molar-refractivity contribution in [1.29, 1.82) is 0 Å². The average molecular weight is 318 g/mol. The van der Waals surface area contributed by atoms with E-state index in [1.807, 2.05) is 6.92 Å². The van der Waals surface area contributed by atoms with E-state index in [9.17, 15) is 14.3 Å². The Bertz CT molecular complexity index is 423. The fraction of sp³-hybridized carbons (Fsp3) is 0.462. The standard InChI is InChI=1S/C13H17BrFNO2/c1-8(5-9(2)17)7-16-13(18)11-6-10(14)3-4-12(11)15/h3-4,6,8-9,17H,5,7H2,1-2H3,(H,16,18). The first kappa shape index (κ1) is 15.1. The highest BCUT2D eigenvalue weighted by Crippen LogP contribution is 2.15. The van der Waals surface area contributed by atoms with Crippen LogP contribution in [-0.2, 0) is 0 Å². The number of carbonyl (C=O) groups is 1. The third-order valence-corrected chi connectivity index (χ3v) is 3.02. The third-order valence-electron chi connectivity index (χ3n) is 2.53. The lowest BCUT2D eigenvalue weighted by Gasteiger charge is -2.14. The van der Waals surface area contributed by atoms with E-state index in [1.165, 1.54) is 12.1 Å². The molecule has 0 aromatic heterocycles. The monoisotopic (exact) mass is 317 g/mol. The Labute approximate surface area is 115 Å². The second-order valence-corrected chi connectivity index (χ2v) is 5.44. The molecule has 0 spiro atoms. The summed E-state index contributed by atoms with van der Waals surface area (Å²) in [5, 5.41) is 11.9. The van der Waals surface area contributed by atoms with Crippen LogP contribution in [0.15, 0.2) is 22.7 Å². The number of hydrogen-bond acceptors (Lipinski definition) is 2. The molecule has 1 amide bonds. The van der Waals surface area contributed by atoms with Crippen molar-refractivity contribution in [3.63, 3.8) is 0 Å². The van der Waals surface area contributed by atoms with Crippen molar-refractivity contribution in [3.8, 4) is 0 Å². The van der Waals surface area contributed by atoms with Crippen LogP contribution in [0, 0.1) is 11.7 Å². The van der Waals surface area contributed by atoms with Crippen molar-refractivity contribution >= 4 is 21.8 Å². The van der Waals surface area contributed by atoms with Gasteiger partial charge in [0.05, 0.1) is 11.7 Å². The third kappa shape index (κ3) is 4.74. The van der Waals surface area contributed by atoms with Crippen LogP contribution in [0.25, 0.3) is 0 Å². The van der Waals surface area contributed by atoms with Gasteiger partial charge >= 0.3 is 0 Å². The summed E-state index contributed by atoms with van der Waals surface area (Å²) in [6.07, 6.45) is 0.195. The molecule has 0 radical (unpaired) electrons. The van der Waals surface area contributed by atoms with Gasteiger partial charge in [-0.15, -0.1) is 0 Å². The van der Waals surface area contributed by atoms with Gasteiger partial charge in [0.25, 0.3) is 5.91 Å². The highest BCUT2D eigenvalue weighted by atomic mass is 79.9. The van der Waals surface area contributed by atoms with Crippen LogP contribution in [0.5, 0.6) is 0 Å². The molecule has 3 nitrogen and oxygen atoms in total. The molecule has 100 valence electrons. The Hall–Kier alpha value is -0.940. The summed E-state index contributed by atoms with van der Waals surface area (Å²) in [5.41, 5.74) is 0.0219. The Morgan fingerprint density at radius 3 is 2.78 bits per heavy atom. The Morgan fingerprint density at radius 1 is 1.50 bits per heavy atom. The molecule has 1 rings (SSSR count). The fourth-order valence-electron chi connectivity index (χ4n) is 1.70. The topological polar surface area (TPSA) is 49.3 Å². The van der Waals surface area contributed by atoms with Crippen molar-refractivity contribution in [2.45, 2.75) is 26.4 Å². The van der Waals surface area contributed by atoms with Gasteiger partial charge in [0.2, 0.25) is 0 Å². The van der Waals surface area contributed by atoms with Gasteiger partial charge in [-0.1, -0.05) is 22.9 Å². The van der Waals surface area contributed by atoms with E-state index in [0.717, 1.165) is 0 Å². The van der Waals surface area contributed by atoms with Gasteiger partial charge < -0.3 is 10.4 Å². The summed E-state index contributed by atoms with van der Waals surface area (Å²) < 4.78 is 14.1. The first-order chi connectivity index (χ1) is 8.40. The number of nitrogens with one attached hydrogen (secondary N) is 1. The molecule has 0 aliphatic carbocycles. The van der Waals surface area contributed by atoms with E-state index in [0.29, 0.717) is 17.4 Å². The zero-order valence-corrected chi connectivity index (χ0v) is 12.0. The van der Waals surface area contributed by atoms with E-state index < -0.39 is 17.8 Å². The number of amides is 1. The van der Waals surface area contributed by atoms with Crippen LogP contribution in [-0.4, -0.2) is 23.7 Å². The van der Waals surface area contributed by atoms with E-state index >= 15 is 0 Å². The van der Waals surface area contributed by atoms with Crippen LogP contribution < -0.4 is 5.32 Å². The highest BCUT2D eigenvalue weighted by Gasteiger charge is 2.13. The molecule has 2 N–H and O–H groups in total. The molecule has 0 saturated carbocycles. The first-order valence-corrected chi connectivity index (χ1v) is 6.60. The second-order valence-electron chi connectivity index (χ2n) is 4.52. The van der Waals surface area contributed by atoms with Crippen LogP contribution in [0.4, 0.5) is 4.39 Å². The summed E-state index contributed by atoms with van der Waals surface area (Å²) in [4.78, 5) is 11.8. The molecule has 2 unspecified atom stereocenters. The fourth-order valence-corrected chi connectivity index (χ4v) is 2.06. The Morgan fingerprint density at radius 2 is 2.17 bits per heavy atom. The summed E-state index contributed by atoms with van der Waals surface area (Å²) in [7, 11) is 0. The molecule has 1 aromatic rings. The molecule has 1 aromatic carbocycles. The number of aliphatic hydroxyl groups is 1. The van der Waals surface area contributed by atoms with Gasteiger partial charge in [-0.3, -0.25) is 4.79 Å². The summed E-state index contributed by atoms with van der Waals surface area (Å²) in [6.45, 7) is 4.03. The maximum atomic E-state index is 13.4. The van der Waals surface area contributed by atoms with Gasteiger partial charge in [-0.2, -0.15) is 0 Å². The minimum absolute atomic E-state index is 0.0219. The van der Waals surface area contributed by atoms with E-state index in [4.69, 9.17) is 0 Å². The molecular formula is C13H17BrFNO2. The van der Waals surface area contributed by atoms with E-state index in [-0.39, 0.29) is 11.5 Å². The maximum Gasteiger partial charge on any atom is 0.254 e. The van der Waals surface area contributed by atoms with Crippen LogP contribution in [0.1, 0.15) is 30.6 Å². The normalized spacial score (nSPS) is 14.1. The molecular weight excluding hydrogens is 301 g/mol. The molecule has 2 atom stereocenters. The maximum absolute atomic E-state index is 13.4. The molecule has 0 aliphatic heterocycles. The number of hydrogen-bond donors (Lipinski definition) is 2. The highest BCUT2D eigenvalue weighted by molar-refractivity contribution is 9.10. The van der Waals surface area contributed by atoms with Gasteiger partial charge in [-0.05, 0) is 37.5 Å². The first-order valence-electron chi connectivity index (χ1n) is 5.81. The number of rotatable bonds is 5. The van der Waals surface area contributed by atoms with Gasteiger partial charge in [0.1, 0.15) is 5.82 Å². The van der Waals surface area contributed by atoms with Crippen LogP contribution >= 0.6 is 15.9 Å². The lowest BCUT2D eigenvalue weighted by Crippen LogP contribution is -2.30. The molecule has 18 heavy (non-hydrogen) atoms. The number of carbonyl (C=O) groups excluding carboxylic acids is 1. The van der Waals surface area contributed by atoms with E-state index in [2.05, 4.69) is 21.2 Å². The Kier molecular flexibility index (Phi) is 5.75. The molecule has 0 saturated heterocycles. The van der Waals surface area contributed by atoms with Crippen molar-refractivity contribution < 1.29 is 14.3 Å². The van der Waals surface area contributed by atoms with Gasteiger partial charge in [0.15, 0.2) is 0 Å². The van der Waals surface area contributed by atoms with Gasteiger partial charge in [-0.25, -0.2) is 4.39 Å². The molecule has 0 heterocycles. The summed E-state index contributed by atoms with van der Waals surface area (Å²) in [5.74, 6) is -0.839. The summed E-state index contributed by atoms with van der Waals surface area (Å²) >= 11 is 3.20. The minimum atomic E-state index is -0.543. The van der Waals surface area contributed by atoms with Crippen molar-refractivity contribution in [3.05, 3.63) is 34.1 Å². The molecule has 0 fully saturated rings. The molecule has 0 bridgehead atoms. The zero-order chi connectivity index (χ0) is 13.7. The van der Waals surface area contributed by atoms with Crippen LogP contribution in [0.3, 0.4) is 0 Å². The molecule has 5 heteroatoms. The SMILES string of the molecule is CC(O)CC(C)CNC(=O)c1cc(Br)ccc1F. The largest absolute Gasteiger partial charge is 0.393 e. The second kappa shape index (κ2) is 6.85. The Balaban J connectivity index is 2.58. The van der Waals surface area contributed by atoms with E-state index in [1.54, 1.807) is 13.0 Å². The lowest BCUT2D eigenvalue weighted by atomic mass is 10.0. The predicted octanol–water partition coefficient (Wildman–Crippen LogP) is 2.73. The number of halogens is 2. The smallest absolute Gasteiger partial charge is 0.254 e. The van der Waals surface area contributed by atoms with Crippen LogP contribution in [0.2, 0.25) is 0 Å².